The molecular formula is C13H14FN3. The molecule has 3 rings (SSSR count). The van der Waals surface area contributed by atoms with Crippen molar-refractivity contribution in [2.75, 3.05) is 5.73 Å². The standard InChI is InChI=1S/C13H14FN3/c14-10-4-1-3-9(7-10)8-17-13(15)11-5-2-6-12(11)16-17/h1,3-4,7H,2,5-6,8,15H2. The molecule has 0 amide bonds. The predicted molar refractivity (Wildman–Crippen MR) is 64.2 cm³/mol. The summed E-state index contributed by atoms with van der Waals surface area (Å²) in [5, 5.41) is 4.48. The summed E-state index contributed by atoms with van der Waals surface area (Å²) in [6.07, 6.45) is 3.17. The van der Waals surface area contributed by atoms with Gasteiger partial charge in [-0.25, -0.2) is 9.07 Å². The minimum atomic E-state index is -0.222. The van der Waals surface area contributed by atoms with E-state index in [1.165, 1.54) is 17.7 Å². The van der Waals surface area contributed by atoms with Crippen molar-refractivity contribution >= 4 is 5.82 Å². The van der Waals surface area contributed by atoms with E-state index in [0.29, 0.717) is 6.54 Å². The smallest absolute Gasteiger partial charge is 0.125 e. The maximum atomic E-state index is 13.1. The molecule has 0 spiro atoms. The maximum Gasteiger partial charge on any atom is 0.125 e. The average molecular weight is 231 g/mol. The number of fused-ring (bicyclic) bond motifs is 1. The fraction of sp³-hybridized carbons (Fsp3) is 0.308. The summed E-state index contributed by atoms with van der Waals surface area (Å²) in [4.78, 5) is 0. The second-order valence-electron chi connectivity index (χ2n) is 4.45. The molecule has 1 aromatic heterocycles. The van der Waals surface area contributed by atoms with Gasteiger partial charge >= 0.3 is 0 Å². The van der Waals surface area contributed by atoms with Crippen molar-refractivity contribution in [2.45, 2.75) is 25.8 Å². The van der Waals surface area contributed by atoms with Gasteiger partial charge in [0.05, 0.1) is 12.2 Å². The summed E-state index contributed by atoms with van der Waals surface area (Å²) in [5.74, 6) is 0.516. The van der Waals surface area contributed by atoms with Crippen LogP contribution in [-0.4, -0.2) is 9.78 Å². The highest BCUT2D eigenvalue weighted by Crippen LogP contribution is 2.26. The van der Waals surface area contributed by atoms with Gasteiger partial charge in [-0.3, -0.25) is 0 Å². The quantitative estimate of drug-likeness (QED) is 0.860. The van der Waals surface area contributed by atoms with E-state index in [9.17, 15) is 4.39 Å². The van der Waals surface area contributed by atoms with Gasteiger partial charge in [-0.1, -0.05) is 12.1 Å². The van der Waals surface area contributed by atoms with Gasteiger partial charge in [0.15, 0.2) is 0 Å². The van der Waals surface area contributed by atoms with Crippen LogP contribution in [0.5, 0.6) is 0 Å². The van der Waals surface area contributed by atoms with Crippen LogP contribution in [0.25, 0.3) is 0 Å². The summed E-state index contributed by atoms with van der Waals surface area (Å²) in [6, 6.07) is 6.55. The molecule has 1 aliphatic carbocycles. The second kappa shape index (κ2) is 3.87. The number of hydrogen-bond donors (Lipinski definition) is 1. The summed E-state index contributed by atoms with van der Waals surface area (Å²) in [7, 11) is 0. The Morgan fingerprint density at radius 2 is 2.24 bits per heavy atom. The molecule has 88 valence electrons. The second-order valence-corrected chi connectivity index (χ2v) is 4.45. The van der Waals surface area contributed by atoms with Gasteiger partial charge in [0.2, 0.25) is 0 Å². The number of halogens is 1. The van der Waals surface area contributed by atoms with E-state index < -0.39 is 0 Å². The molecule has 4 heteroatoms. The first kappa shape index (κ1) is 10.3. The highest BCUT2D eigenvalue weighted by molar-refractivity contribution is 5.46. The molecule has 2 N–H and O–H groups in total. The zero-order valence-corrected chi connectivity index (χ0v) is 9.49. The van der Waals surface area contributed by atoms with Crippen LogP contribution in [0.3, 0.4) is 0 Å². The lowest BCUT2D eigenvalue weighted by molar-refractivity contribution is 0.618. The van der Waals surface area contributed by atoms with Crippen LogP contribution < -0.4 is 5.73 Å². The number of aromatic nitrogens is 2. The Labute approximate surface area is 99.1 Å². The van der Waals surface area contributed by atoms with Crippen LogP contribution in [0.4, 0.5) is 10.2 Å². The maximum absolute atomic E-state index is 13.1. The minimum absolute atomic E-state index is 0.222. The summed E-state index contributed by atoms with van der Waals surface area (Å²) in [5.41, 5.74) is 9.23. The van der Waals surface area contributed by atoms with E-state index in [2.05, 4.69) is 5.10 Å². The molecule has 3 nitrogen and oxygen atoms in total. The molecule has 0 unspecified atom stereocenters. The Bertz CT molecular complexity index is 560. The van der Waals surface area contributed by atoms with Gasteiger partial charge in [0.25, 0.3) is 0 Å². The van der Waals surface area contributed by atoms with Crippen molar-refractivity contribution in [3.8, 4) is 0 Å². The van der Waals surface area contributed by atoms with Gasteiger partial charge in [-0.2, -0.15) is 5.10 Å². The van der Waals surface area contributed by atoms with Gasteiger partial charge in [-0.15, -0.1) is 0 Å². The van der Waals surface area contributed by atoms with Crippen LogP contribution in [0, 0.1) is 5.82 Å². The van der Waals surface area contributed by atoms with Crippen molar-refractivity contribution in [2.24, 2.45) is 0 Å². The number of anilines is 1. The zero-order valence-electron chi connectivity index (χ0n) is 9.49. The van der Waals surface area contributed by atoms with Gasteiger partial charge in [0, 0.05) is 5.56 Å². The molecule has 2 aromatic rings. The van der Waals surface area contributed by atoms with Crippen LogP contribution >= 0.6 is 0 Å². The molecule has 1 heterocycles. The molecule has 0 saturated heterocycles. The van der Waals surface area contributed by atoms with Gasteiger partial charge in [-0.05, 0) is 37.0 Å². The molecular weight excluding hydrogens is 217 g/mol. The number of aryl methyl sites for hydroxylation is 1. The van der Waals surface area contributed by atoms with Crippen LogP contribution in [-0.2, 0) is 19.4 Å². The number of hydrogen-bond acceptors (Lipinski definition) is 2. The third-order valence-electron chi connectivity index (χ3n) is 3.24. The van der Waals surface area contributed by atoms with Crippen LogP contribution in [0.1, 0.15) is 23.2 Å². The first-order valence-corrected chi connectivity index (χ1v) is 5.82. The van der Waals surface area contributed by atoms with Crippen LogP contribution in [0.2, 0.25) is 0 Å². The summed E-state index contributed by atoms with van der Waals surface area (Å²) >= 11 is 0. The predicted octanol–water partition coefficient (Wildman–Crippen LogP) is 2.14. The van der Waals surface area contributed by atoms with E-state index in [0.717, 1.165) is 36.3 Å². The topological polar surface area (TPSA) is 43.8 Å². The Morgan fingerprint density at radius 3 is 3.00 bits per heavy atom. The Hall–Kier alpha value is -1.84. The summed E-state index contributed by atoms with van der Waals surface area (Å²) < 4.78 is 14.8. The molecule has 0 radical (unpaired) electrons. The highest BCUT2D eigenvalue weighted by Gasteiger charge is 2.20. The van der Waals surface area contributed by atoms with Crippen molar-refractivity contribution in [1.29, 1.82) is 0 Å². The van der Waals surface area contributed by atoms with E-state index in [1.54, 1.807) is 10.7 Å². The molecule has 0 atom stereocenters. The fourth-order valence-electron chi connectivity index (χ4n) is 2.40. The lowest BCUT2D eigenvalue weighted by Gasteiger charge is -2.05. The van der Waals surface area contributed by atoms with E-state index in [-0.39, 0.29) is 5.82 Å². The lowest BCUT2D eigenvalue weighted by atomic mass is 10.2. The third kappa shape index (κ3) is 1.79. The van der Waals surface area contributed by atoms with Crippen LogP contribution in [0.15, 0.2) is 24.3 Å². The first-order valence-electron chi connectivity index (χ1n) is 5.82. The van der Waals surface area contributed by atoms with E-state index in [4.69, 9.17) is 5.73 Å². The van der Waals surface area contributed by atoms with Crippen molar-refractivity contribution < 1.29 is 4.39 Å². The number of benzene rings is 1. The molecule has 0 aliphatic heterocycles. The summed E-state index contributed by atoms with van der Waals surface area (Å²) in [6.45, 7) is 0.538. The Kier molecular flexibility index (Phi) is 2.35. The monoisotopic (exact) mass is 231 g/mol. The first-order chi connectivity index (χ1) is 8.24. The van der Waals surface area contributed by atoms with E-state index >= 15 is 0 Å². The van der Waals surface area contributed by atoms with E-state index in [1.807, 2.05) is 6.07 Å². The highest BCUT2D eigenvalue weighted by atomic mass is 19.1. The number of nitrogens with two attached hydrogens (primary N) is 1. The Morgan fingerprint density at radius 1 is 1.35 bits per heavy atom. The minimum Gasteiger partial charge on any atom is -0.384 e. The molecule has 0 bridgehead atoms. The molecule has 1 aliphatic rings. The Balaban J connectivity index is 1.91. The normalized spacial score (nSPS) is 13.9. The number of nitrogens with zero attached hydrogens (tertiary/aromatic N) is 2. The van der Waals surface area contributed by atoms with Crippen molar-refractivity contribution in [3.63, 3.8) is 0 Å². The van der Waals surface area contributed by atoms with Crippen molar-refractivity contribution in [1.82, 2.24) is 9.78 Å². The van der Waals surface area contributed by atoms with Crippen molar-refractivity contribution in [3.05, 3.63) is 46.9 Å². The molecule has 17 heavy (non-hydrogen) atoms. The fourth-order valence-corrected chi connectivity index (χ4v) is 2.40. The average Bonchev–Trinajstić information content (AvgIpc) is 2.84. The largest absolute Gasteiger partial charge is 0.384 e. The number of rotatable bonds is 2. The lowest BCUT2D eigenvalue weighted by Crippen LogP contribution is -2.07. The molecule has 0 saturated carbocycles. The van der Waals surface area contributed by atoms with Gasteiger partial charge < -0.3 is 5.73 Å². The van der Waals surface area contributed by atoms with Gasteiger partial charge in [0.1, 0.15) is 11.6 Å². The third-order valence-corrected chi connectivity index (χ3v) is 3.24. The molecule has 0 fully saturated rings. The SMILES string of the molecule is Nc1c2c(nn1Cc1cccc(F)c1)CCC2. The zero-order chi connectivity index (χ0) is 11.8. The number of nitrogen functional groups attached to an aromatic ring is 1. The molecule has 1 aromatic carbocycles.